The Balaban J connectivity index is -0.000000116. The summed E-state index contributed by atoms with van der Waals surface area (Å²) in [5, 5.41) is 0. The number of hydrogen-bond acceptors (Lipinski definition) is 0. The molecule has 1 aliphatic carbocycles. The maximum Gasteiger partial charge on any atom is 0 e. The number of rotatable bonds is 0. The predicted octanol–water partition coefficient (Wildman–Crippen LogP) is 5.23. The Morgan fingerprint density at radius 2 is 1.14 bits per heavy atom. The van der Waals surface area contributed by atoms with Crippen molar-refractivity contribution in [1.29, 1.82) is 0 Å². The summed E-state index contributed by atoms with van der Waals surface area (Å²) in [7, 11) is 0. The van der Waals surface area contributed by atoms with Gasteiger partial charge in [-0.25, -0.2) is 0 Å². The SMILES string of the molecule is CC1CCC(C)CC1.Cc1[c-]c(C)c(C)cc1.[Y].[Y].[Y].[Y]. The van der Waals surface area contributed by atoms with Crippen LogP contribution in [0, 0.1) is 38.7 Å². The summed E-state index contributed by atoms with van der Waals surface area (Å²) in [5.74, 6) is 2.04. The van der Waals surface area contributed by atoms with Crippen LogP contribution in [-0.2, 0) is 131 Å². The first-order valence-corrected chi connectivity index (χ1v) is 6.95. The molecule has 2 rings (SSSR count). The number of hydrogen-bond donors (Lipinski definition) is 0. The van der Waals surface area contributed by atoms with E-state index in [9.17, 15) is 0 Å². The maximum absolute atomic E-state index is 3.24. The minimum absolute atomic E-state index is 0. The molecule has 1 fully saturated rings. The molecule has 0 aliphatic heterocycles. The largest absolute Gasteiger partial charge is 0.177 e. The summed E-state index contributed by atoms with van der Waals surface area (Å²) in [6.07, 6.45) is 5.89. The zero-order chi connectivity index (χ0) is 12.8. The molecule has 0 N–H and O–H groups in total. The van der Waals surface area contributed by atoms with Crippen molar-refractivity contribution in [3.63, 3.8) is 0 Å². The Morgan fingerprint density at radius 3 is 1.43 bits per heavy atom. The van der Waals surface area contributed by atoms with Crippen LogP contribution in [0.5, 0.6) is 0 Å². The minimum atomic E-state index is 0. The average Bonchev–Trinajstić information content (AvgIpc) is 2.29. The van der Waals surface area contributed by atoms with Crippen LogP contribution in [0.2, 0.25) is 0 Å². The molecular formula is C17H27Y4-. The second kappa shape index (κ2) is 18.4. The smallest absolute Gasteiger partial charge is 0 e. The van der Waals surface area contributed by atoms with E-state index in [1.165, 1.54) is 42.4 Å². The molecule has 4 heteroatoms. The Kier molecular flexibility index (Phi) is 28.4. The molecule has 0 saturated heterocycles. The van der Waals surface area contributed by atoms with E-state index in [0.29, 0.717) is 0 Å². The Hall–Kier alpha value is 3.64. The van der Waals surface area contributed by atoms with Crippen molar-refractivity contribution >= 4 is 0 Å². The van der Waals surface area contributed by atoms with Crippen LogP contribution >= 0.6 is 0 Å². The van der Waals surface area contributed by atoms with Gasteiger partial charge in [0.1, 0.15) is 0 Å². The molecule has 1 saturated carbocycles. The van der Waals surface area contributed by atoms with E-state index in [1.54, 1.807) is 0 Å². The van der Waals surface area contributed by atoms with Crippen LogP contribution in [0.1, 0.15) is 56.2 Å². The van der Waals surface area contributed by atoms with Gasteiger partial charge in [-0.05, 0) is 11.8 Å². The van der Waals surface area contributed by atoms with E-state index in [-0.39, 0.29) is 131 Å². The van der Waals surface area contributed by atoms with Gasteiger partial charge in [0.25, 0.3) is 0 Å². The van der Waals surface area contributed by atoms with Crippen molar-refractivity contribution in [2.75, 3.05) is 0 Å². The van der Waals surface area contributed by atoms with Crippen molar-refractivity contribution in [3.8, 4) is 0 Å². The molecule has 0 heterocycles. The molecule has 0 amide bonds. The van der Waals surface area contributed by atoms with Crippen LogP contribution < -0.4 is 0 Å². The molecular weight excluding hydrogens is 560 g/mol. The van der Waals surface area contributed by atoms with Gasteiger partial charge in [0.2, 0.25) is 0 Å². The Morgan fingerprint density at radius 1 is 0.762 bits per heavy atom. The fourth-order valence-corrected chi connectivity index (χ4v) is 2.24. The fourth-order valence-electron chi connectivity index (χ4n) is 2.24. The second-order valence-electron chi connectivity index (χ2n) is 5.81. The summed E-state index contributed by atoms with van der Waals surface area (Å²) in [6.45, 7) is 11.0. The average molecular weight is 587 g/mol. The molecule has 0 aromatic heterocycles. The molecule has 4 radical (unpaired) electrons. The summed E-state index contributed by atoms with van der Waals surface area (Å²) in [5.41, 5.74) is 3.80. The third-order valence-corrected chi connectivity index (χ3v) is 3.86. The van der Waals surface area contributed by atoms with Crippen molar-refractivity contribution in [1.82, 2.24) is 0 Å². The molecule has 1 aliphatic rings. The topological polar surface area (TPSA) is 0 Å². The quantitative estimate of drug-likeness (QED) is 0.365. The van der Waals surface area contributed by atoms with Crippen LogP contribution in [0.4, 0.5) is 0 Å². The third kappa shape index (κ3) is 15.6. The normalized spacial score (nSPS) is 19.3. The van der Waals surface area contributed by atoms with Gasteiger partial charge >= 0.3 is 0 Å². The molecule has 1 aromatic carbocycles. The third-order valence-electron chi connectivity index (χ3n) is 3.86. The second-order valence-corrected chi connectivity index (χ2v) is 5.81. The minimum Gasteiger partial charge on any atom is -0.177 e. The maximum atomic E-state index is 3.24. The molecule has 0 bridgehead atoms. The van der Waals surface area contributed by atoms with E-state index >= 15 is 0 Å². The zero-order valence-electron chi connectivity index (χ0n) is 14.4. The molecule has 108 valence electrons. The van der Waals surface area contributed by atoms with Crippen molar-refractivity contribution in [2.45, 2.75) is 60.3 Å². The van der Waals surface area contributed by atoms with E-state index in [2.05, 4.69) is 52.8 Å². The van der Waals surface area contributed by atoms with Crippen molar-refractivity contribution < 1.29 is 131 Å². The first-order chi connectivity index (χ1) is 7.99. The summed E-state index contributed by atoms with van der Waals surface area (Å²) < 4.78 is 0. The van der Waals surface area contributed by atoms with Gasteiger partial charge in [0, 0.05) is 131 Å². The van der Waals surface area contributed by atoms with Crippen LogP contribution in [0.25, 0.3) is 0 Å². The molecule has 21 heavy (non-hydrogen) atoms. The summed E-state index contributed by atoms with van der Waals surface area (Å²) in [4.78, 5) is 0. The van der Waals surface area contributed by atoms with Gasteiger partial charge in [-0.3, -0.25) is 0 Å². The van der Waals surface area contributed by atoms with Gasteiger partial charge in [-0.15, -0.1) is 0 Å². The van der Waals surface area contributed by atoms with E-state index in [1.807, 2.05) is 0 Å². The Labute approximate surface area is 233 Å². The number of aryl methyl sites for hydroxylation is 3. The Bertz CT molecular complexity index is 335. The van der Waals surface area contributed by atoms with Gasteiger partial charge in [-0.1, -0.05) is 60.3 Å². The summed E-state index contributed by atoms with van der Waals surface area (Å²) >= 11 is 0. The standard InChI is InChI=1S/C9H11.C8H16.4Y/c1-7-4-5-8(2)9(3)6-7;1-7-3-5-8(2)6-4-7;;;;/h4-5H,1-3H3;7-8H,3-6H2,1-2H3;;;;/q-1;;;;;. The first-order valence-electron chi connectivity index (χ1n) is 6.95. The monoisotopic (exact) mass is 587 g/mol. The van der Waals surface area contributed by atoms with Gasteiger partial charge in [0.05, 0.1) is 0 Å². The number of benzene rings is 1. The van der Waals surface area contributed by atoms with E-state index < -0.39 is 0 Å². The predicted molar refractivity (Wildman–Crippen MR) is 76.3 cm³/mol. The van der Waals surface area contributed by atoms with Crippen molar-refractivity contribution in [3.05, 3.63) is 34.9 Å². The molecule has 0 atom stereocenters. The zero-order valence-corrected chi connectivity index (χ0v) is 25.8. The molecule has 0 unspecified atom stereocenters. The fraction of sp³-hybridized carbons (Fsp3) is 0.647. The molecule has 0 spiro atoms. The van der Waals surface area contributed by atoms with Crippen LogP contribution in [-0.4, -0.2) is 0 Å². The van der Waals surface area contributed by atoms with E-state index in [0.717, 1.165) is 11.8 Å². The van der Waals surface area contributed by atoms with Crippen LogP contribution in [0.15, 0.2) is 12.1 Å². The molecule has 1 aromatic rings. The first kappa shape index (κ1) is 32.3. The van der Waals surface area contributed by atoms with E-state index in [4.69, 9.17) is 0 Å². The van der Waals surface area contributed by atoms with Crippen molar-refractivity contribution in [2.24, 2.45) is 11.8 Å². The summed E-state index contributed by atoms with van der Waals surface area (Å²) in [6, 6.07) is 7.45. The van der Waals surface area contributed by atoms with Gasteiger partial charge in [0.15, 0.2) is 0 Å². The van der Waals surface area contributed by atoms with Crippen LogP contribution in [0.3, 0.4) is 0 Å². The van der Waals surface area contributed by atoms with Gasteiger partial charge < -0.3 is 0 Å². The molecule has 0 nitrogen and oxygen atoms in total. The van der Waals surface area contributed by atoms with Gasteiger partial charge in [-0.2, -0.15) is 34.9 Å².